The minimum atomic E-state index is -5.59. The highest BCUT2D eigenvalue weighted by atomic mass is 35.5. The zero-order chi connectivity index (χ0) is 31.1. The Balaban J connectivity index is 1.54. The van der Waals surface area contributed by atoms with Gasteiger partial charge in [-0.15, -0.1) is 0 Å². The van der Waals surface area contributed by atoms with Gasteiger partial charge in [-0.05, 0) is 62.4 Å². The first-order valence-corrected chi connectivity index (χ1v) is 14.2. The third-order valence-corrected chi connectivity index (χ3v) is 8.12. The van der Waals surface area contributed by atoms with Gasteiger partial charge >= 0.3 is 12.1 Å². The van der Waals surface area contributed by atoms with Crippen LogP contribution in [0, 0.1) is 12.7 Å². The zero-order valence-electron chi connectivity index (χ0n) is 21.8. The molecule has 3 heterocycles. The van der Waals surface area contributed by atoms with E-state index in [4.69, 9.17) is 16.3 Å². The van der Waals surface area contributed by atoms with Crippen molar-refractivity contribution in [2.45, 2.75) is 36.7 Å². The Morgan fingerprint density at radius 1 is 1.14 bits per heavy atom. The number of halogens is 6. The lowest BCUT2D eigenvalue weighted by atomic mass is 10.1. The maximum Gasteiger partial charge on any atom is 0.493 e. The van der Waals surface area contributed by atoms with Crippen molar-refractivity contribution in [2.75, 3.05) is 17.6 Å². The maximum absolute atomic E-state index is 14.5. The number of piperidine rings is 1. The number of carbonyl (C=O) groups excluding carboxylic acids is 1. The lowest BCUT2D eigenvalue weighted by molar-refractivity contribution is -0.199. The highest BCUT2D eigenvalue weighted by Gasteiger charge is 2.45. The average Bonchev–Trinajstić information content (AvgIpc) is 3.34. The molecule has 1 saturated heterocycles. The van der Waals surface area contributed by atoms with Gasteiger partial charge in [0.05, 0.1) is 5.69 Å². The number of sulfonamides is 1. The number of nitrogens with one attached hydrogen (secondary N) is 2. The van der Waals surface area contributed by atoms with Gasteiger partial charge in [-0.3, -0.25) is 5.10 Å². The summed E-state index contributed by atoms with van der Waals surface area (Å²) in [4.78, 5) is 23.5. The maximum atomic E-state index is 14.5. The van der Waals surface area contributed by atoms with Crippen LogP contribution in [0.3, 0.4) is 0 Å². The second-order valence-corrected chi connectivity index (χ2v) is 11.5. The van der Waals surface area contributed by atoms with Gasteiger partial charge in [0.25, 0.3) is 10.0 Å². The second-order valence-electron chi connectivity index (χ2n) is 9.29. The van der Waals surface area contributed by atoms with Crippen molar-refractivity contribution in [1.82, 2.24) is 25.5 Å². The molecule has 0 radical (unpaired) electrons. The van der Waals surface area contributed by atoms with Crippen molar-refractivity contribution < 1.29 is 44.7 Å². The Labute approximate surface area is 245 Å². The van der Waals surface area contributed by atoms with E-state index in [9.17, 15) is 35.2 Å². The molecule has 228 valence electrons. The topological polar surface area (TPSA) is 139 Å². The zero-order valence-corrected chi connectivity index (χ0v) is 23.4. The van der Waals surface area contributed by atoms with Crippen LogP contribution in [0.5, 0.6) is 5.88 Å². The van der Waals surface area contributed by atoms with Crippen LogP contribution < -0.4 is 14.5 Å². The van der Waals surface area contributed by atoms with E-state index in [0.717, 1.165) is 18.2 Å². The van der Waals surface area contributed by atoms with Crippen LogP contribution in [0.15, 0.2) is 47.4 Å². The number of carbonyl (C=O) groups is 1. The molecule has 18 heteroatoms. The normalized spacial score (nSPS) is 17.6. The van der Waals surface area contributed by atoms with E-state index in [1.54, 1.807) is 6.92 Å². The number of alkyl halides is 4. The quantitative estimate of drug-likeness (QED) is 0.221. The fourth-order valence-electron chi connectivity index (χ4n) is 4.18. The highest BCUT2D eigenvalue weighted by molar-refractivity contribution is 7.92. The predicted octanol–water partition coefficient (Wildman–Crippen LogP) is 4.42. The SMILES string of the molecule is Cc1[nH]nc2nc(-c3ccc(N(OC(=O)C(F)(F)F)S(=O)(=O)c4cc(Cl)ccc4F)cc3)nc(O[C@H]3CCNC[C@H]3F)c12. The van der Waals surface area contributed by atoms with E-state index >= 15 is 0 Å². The van der Waals surface area contributed by atoms with Gasteiger partial charge in [-0.25, -0.2) is 18.6 Å². The van der Waals surface area contributed by atoms with Gasteiger partial charge in [0, 0.05) is 22.8 Å². The van der Waals surface area contributed by atoms with Gasteiger partial charge in [-0.1, -0.05) is 16.1 Å². The van der Waals surface area contributed by atoms with Crippen LogP contribution in [-0.4, -0.2) is 66.1 Å². The van der Waals surface area contributed by atoms with Crippen molar-refractivity contribution in [2.24, 2.45) is 0 Å². The largest absolute Gasteiger partial charge is 0.493 e. The van der Waals surface area contributed by atoms with E-state index in [1.807, 2.05) is 0 Å². The molecule has 0 unspecified atom stereocenters. The Kier molecular flexibility index (Phi) is 8.15. The van der Waals surface area contributed by atoms with E-state index in [0.29, 0.717) is 36.2 Å². The molecule has 11 nitrogen and oxygen atoms in total. The average molecular weight is 647 g/mol. The Bertz CT molecular complexity index is 1790. The molecule has 4 aromatic rings. The molecule has 1 aliphatic rings. The molecule has 0 bridgehead atoms. The number of benzene rings is 2. The number of aryl methyl sites for hydroxylation is 1. The number of hydrogen-bond donors (Lipinski definition) is 2. The Morgan fingerprint density at radius 2 is 1.86 bits per heavy atom. The van der Waals surface area contributed by atoms with Crippen LogP contribution in [0.25, 0.3) is 22.4 Å². The first-order chi connectivity index (χ1) is 20.3. The smallest absolute Gasteiger partial charge is 0.471 e. The summed E-state index contributed by atoms with van der Waals surface area (Å²) in [6, 6.07) is 6.73. The fraction of sp³-hybridized carbons (Fsp3) is 0.280. The molecule has 2 atom stereocenters. The molecule has 1 aliphatic heterocycles. The van der Waals surface area contributed by atoms with Gasteiger partial charge in [0.15, 0.2) is 11.5 Å². The van der Waals surface area contributed by atoms with Gasteiger partial charge in [0.2, 0.25) is 5.88 Å². The number of rotatable bonds is 7. The minimum Gasteiger partial charge on any atom is -0.471 e. The fourth-order valence-corrected chi connectivity index (χ4v) is 5.75. The summed E-state index contributed by atoms with van der Waals surface area (Å²) in [6.45, 7) is 2.31. The number of fused-ring (bicyclic) bond motifs is 1. The molecule has 2 N–H and O–H groups in total. The molecule has 1 fully saturated rings. The summed E-state index contributed by atoms with van der Waals surface area (Å²) < 4.78 is 100. The monoisotopic (exact) mass is 646 g/mol. The predicted molar refractivity (Wildman–Crippen MR) is 142 cm³/mol. The molecule has 2 aromatic carbocycles. The summed E-state index contributed by atoms with van der Waals surface area (Å²) >= 11 is 5.77. The number of aromatic amines is 1. The molecule has 2 aromatic heterocycles. The molecule has 5 rings (SSSR count). The summed E-state index contributed by atoms with van der Waals surface area (Å²) in [7, 11) is -5.27. The van der Waals surface area contributed by atoms with Crippen molar-refractivity contribution in [3.05, 3.63) is 59.0 Å². The summed E-state index contributed by atoms with van der Waals surface area (Å²) in [5.74, 6) is -4.21. The molecule has 0 amide bonds. The number of ether oxygens (including phenoxy) is 1. The summed E-state index contributed by atoms with van der Waals surface area (Å²) in [5.41, 5.74) is 0.318. The summed E-state index contributed by atoms with van der Waals surface area (Å²) in [5, 5.41) is 9.92. The van der Waals surface area contributed by atoms with Crippen LogP contribution in [0.1, 0.15) is 12.1 Å². The number of aromatic nitrogens is 4. The standard InChI is InChI=1S/C25H20ClF5N6O5S/c1-12-20-22(36-35-12)33-21(34-23(20)41-18-8-9-32-11-17(18)28)13-2-5-15(6-3-13)37(42-24(38)25(29,30)31)43(39,40)19-10-14(26)4-7-16(19)27/h2-7,10,17-18,32H,8-9,11H2,1H3,(H,33,34,35,36)/t17-,18+/m1/s1. The van der Waals surface area contributed by atoms with Crippen molar-refractivity contribution in [1.29, 1.82) is 0 Å². The Hall–Kier alpha value is -4.09. The lowest BCUT2D eigenvalue weighted by Crippen LogP contribution is -2.44. The number of anilines is 1. The van der Waals surface area contributed by atoms with E-state index in [1.165, 1.54) is 12.1 Å². The van der Waals surface area contributed by atoms with Crippen molar-refractivity contribution in [3.63, 3.8) is 0 Å². The Morgan fingerprint density at radius 3 is 2.53 bits per heavy atom. The molecular weight excluding hydrogens is 627 g/mol. The van der Waals surface area contributed by atoms with Crippen LogP contribution in [0.2, 0.25) is 5.02 Å². The van der Waals surface area contributed by atoms with Gasteiger partial charge < -0.3 is 14.9 Å². The molecule has 0 spiro atoms. The van der Waals surface area contributed by atoms with Gasteiger partial charge in [-0.2, -0.15) is 31.7 Å². The van der Waals surface area contributed by atoms with Gasteiger partial charge in [0.1, 0.15) is 28.4 Å². The van der Waals surface area contributed by atoms with Crippen LogP contribution >= 0.6 is 11.6 Å². The molecule has 0 aliphatic carbocycles. The molecule has 0 saturated carbocycles. The van der Waals surface area contributed by atoms with E-state index < -0.39 is 50.8 Å². The van der Waals surface area contributed by atoms with Crippen LogP contribution in [0.4, 0.5) is 27.6 Å². The first-order valence-electron chi connectivity index (χ1n) is 12.4. The molecule has 43 heavy (non-hydrogen) atoms. The van der Waals surface area contributed by atoms with Crippen molar-refractivity contribution >= 4 is 44.3 Å². The van der Waals surface area contributed by atoms with Crippen LogP contribution in [-0.2, 0) is 19.7 Å². The minimum absolute atomic E-state index is 0.00697. The van der Waals surface area contributed by atoms with Crippen molar-refractivity contribution in [3.8, 4) is 17.3 Å². The highest BCUT2D eigenvalue weighted by Crippen LogP contribution is 2.33. The van der Waals surface area contributed by atoms with E-state index in [2.05, 4.69) is 30.3 Å². The molecular formula is C25H20ClF5N6O5S. The lowest BCUT2D eigenvalue weighted by Gasteiger charge is -2.27. The number of nitrogens with zero attached hydrogens (tertiary/aromatic N) is 4. The number of hydrogen-bond acceptors (Lipinski definition) is 9. The second kappa shape index (κ2) is 11.5. The summed E-state index contributed by atoms with van der Waals surface area (Å²) in [6.07, 6.45) is -7.35. The number of H-pyrrole nitrogens is 1. The third-order valence-electron chi connectivity index (χ3n) is 6.30. The van der Waals surface area contributed by atoms with E-state index in [-0.39, 0.29) is 39.0 Å². The third kappa shape index (κ3) is 6.18. The first kappa shape index (κ1) is 30.4.